The molecule has 0 aromatic heterocycles. The summed E-state index contributed by atoms with van der Waals surface area (Å²) in [5.74, 6) is 0.818. The Hall–Kier alpha value is 0.730. The molecule has 3 heteroatoms. The van der Waals surface area contributed by atoms with Crippen LogP contribution in [0.15, 0.2) is 0 Å². The van der Waals surface area contributed by atoms with Gasteiger partial charge in [0.2, 0.25) is 0 Å². The van der Waals surface area contributed by atoms with Crippen molar-refractivity contribution >= 4 is 28.6 Å². The van der Waals surface area contributed by atoms with Crippen molar-refractivity contribution in [1.29, 1.82) is 0 Å². The van der Waals surface area contributed by atoms with Crippen LogP contribution in [0.4, 0.5) is 0 Å². The maximum Gasteiger partial charge on any atom is 0.0223 e. The number of halogens is 2. The van der Waals surface area contributed by atoms with E-state index in [-0.39, 0.29) is 17.0 Å². The Balaban J connectivity index is 0. The molecule has 0 saturated heterocycles. The van der Waals surface area contributed by atoms with Crippen molar-refractivity contribution in [2.75, 3.05) is 20.0 Å². The van der Waals surface area contributed by atoms with Crippen molar-refractivity contribution in [1.82, 2.24) is 4.90 Å². The highest BCUT2D eigenvalue weighted by molar-refractivity contribution is 8.93. The molecular weight excluding hydrogens is 346 g/mol. The Morgan fingerprint density at radius 2 is 1.14 bits per heavy atom. The Kier molecular flexibility index (Phi) is 21.5. The van der Waals surface area contributed by atoms with Gasteiger partial charge in [0.1, 0.15) is 0 Å². The third kappa shape index (κ3) is 16.9. The summed E-state index contributed by atoms with van der Waals surface area (Å²) in [6.07, 6.45) is 18.0. The van der Waals surface area contributed by atoms with E-state index in [9.17, 15) is 0 Å². The number of hydrogen-bond acceptors (Lipinski definition) is 1. The summed E-state index contributed by atoms with van der Waals surface area (Å²) < 4.78 is 0. The molecule has 0 aromatic carbocycles. The lowest BCUT2D eigenvalue weighted by atomic mass is 10.0. The standard InChI is InChI=1S/C18H38ClN.BrH/c1-4-5-6-7-8-9-10-11-12-15-18(20(2)3)16-13-14-17-19;/h18H,4-17H2,1-3H3;1H. The van der Waals surface area contributed by atoms with Crippen LogP contribution in [0.1, 0.15) is 90.4 Å². The highest BCUT2D eigenvalue weighted by atomic mass is 79.9. The molecule has 0 aliphatic rings. The van der Waals surface area contributed by atoms with Crippen molar-refractivity contribution in [2.45, 2.75) is 96.4 Å². The van der Waals surface area contributed by atoms with Gasteiger partial charge in [0.05, 0.1) is 0 Å². The van der Waals surface area contributed by atoms with E-state index in [0.717, 1.165) is 11.9 Å². The van der Waals surface area contributed by atoms with Gasteiger partial charge in [0.25, 0.3) is 0 Å². The zero-order valence-electron chi connectivity index (χ0n) is 14.7. The van der Waals surface area contributed by atoms with E-state index < -0.39 is 0 Å². The van der Waals surface area contributed by atoms with Crippen LogP contribution in [0.5, 0.6) is 0 Å². The summed E-state index contributed by atoms with van der Waals surface area (Å²) in [6, 6.07) is 0.766. The molecule has 1 unspecified atom stereocenters. The first kappa shape index (κ1) is 24.0. The minimum absolute atomic E-state index is 0. The highest BCUT2D eigenvalue weighted by Crippen LogP contribution is 2.16. The van der Waals surface area contributed by atoms with Gasteiger partial charge < -0.3 is 4.90 Å². The average molecular weight is 385 g/mol. The van der Waals surface area contributed by atoms with Gasteiger partial charge in [-0.3, -0.25) is 0 Å². The van der Waals surface area contributed by atoms with E-state index in [1.807, 2.05) is 0 Å². The fourth-order valence-electron chi connectivity index (χ4n) is 2.83. The Labute approximate surface area is 150 Å². The Morgan fingerprint density at radius 3 is 1.57 bits per heavy atom. The number of alkyl halides is 1. The van der Waals surface area contributed by atoms with Gasteiger partial charge in [-0.15, -0.1) is 28.6 Å². The molecule has 0 radical (unpaired) electrons. The minimum atomic E-state index is 0. The molecule has 0 rings (SSSR count). The molecular formula is C18H39BrClN. The molecule has 21 heavy (non-hydrogen) atoms. The lowest BCUT2D eigenvalue weighted by Crippen LogP contribution is -2.27. The fourth-order valence-corrected chi connectivity index (χ4v) is 3.01. The van der Waals surface area contributed by atoms with Crippen LogP contribution < -0.4 is 0 Å². The zero-order chi connectivity index (χ0) is 15.1. The van der Waals surface area contributed by atoms with Crippen molar-refractivity contribution in [3.63, 3.8) is 0 Å². The summed E-state index contributed by atoms with van der Waals surface area (Å²) in [4.78, 5) is 2.40. The van der Waals surface area contributed by atoms with E-state index in [1.165, 1.54) is 83.5 Å². The highest BCUT2D eigenvalue weighted by Gasteiger charge is 2.10. The molecule has 0 aliphatic heterocycles. The molecule has 1 nitrogen and oxygen atoms in total. The monoisotopic (exact) mass is 383 g/mol. The summed E-state index contributed by atoms with van der Waals surface area (Å²) in [5, 5.41) is 0. The summed E-state index contributed by atoms with van der Waals surface area (Å²) >= 11 is 5.76. The zero-order valence-corrected chi connectivity index (χ0v) is 17.2. The first-order chi connectivity index (χ1) is 9.72. The normalized spacial score (nSPS) is 12.4. The quantitative estimate of drug-likeness (QED) is 0.221. The van der Waals surface area contributed by atoms with E-state index >= 15 is 0 Å². The molecule has 0 aliphatic carbocycles. The van der Waals surface area contributed by atoms with Crippen LogP contribution >= 0.6 is 28.6 Å². The molecule has 0 saturated carbocycles. The van der Waals surface area contributed by atoms with E-state index in [4.69, 9.17) is 11.6 Å². The van der Waals surface area contributed by atoms with Crippen molar-refractivity contribution in [2.24, 2.45) is 0 Å². The van der Waals surface area contributed by atoms with Crippen LogP contribution in [0.3, 0.4) is 0 Å². The molecule has 0 N–H and O–H groups in total. The number of nitrogens with zero attached hydrogens (tertiary/aromatic N) is 1. The van der Waals surface area contributed by atoms with Crippen molar-refractivity contribution < 1.29 is 0 Å². The van der Waals surface area contributed by atoms with Crippen LogP contribution in [-0.2, 0) is 0 Å². The van der Waals surface area contributed by atoms with Crippen LogP contribution in [0.2, 0.25) is 0 Å². The maximum atomic E-state index is 5.76. The van der Waals surface area contributed by atoms with Crippen molar-refractivity contribution in [3.05, 3.63) is 0 Å². The van der Waals surface area contributed by atoms with Gasteiger partial charge in [0, 0.05) is 11.9 Å². The topological polar surface area (TPSA) is 3.24 Å². The molecule has 1 atom stereocenters. The summed E-state index contributed by atoms with van der Waals surface area (Å²) in [6.45, 7) is 2.29. The third-order valence-electron chi connectivity index (χ3n) is 4.29. The fraction of sp³-hybridized carbons (Fsp3) is 1.00. The predicted octanol–water partition coefficient (Wildman–Crippen LogP) is 6.82. The second kappa shape index (κ2) is 18.8. The van der Waals surface area contributed by atoms with Gasteiger partial charge in [-0.1, -0.05) is 71.1 Å². The smallest absolute Gasteiger partial charge is 0.0223 e. The molecule has 0 heterocycles. The van der Waals surface area contributed by atoms with Crippen LogP contribution in [0.25, 0.3) is 0 Å². The number of rotatable bonds is 15. The molecule has 0 aromatic rings. The Bertz CT molecular complexity index is 188. The van der Waals surface area contributed by atoms with Gasteiger partial charge in [0.15, 0.2) is 0 Å². The molecule has 0 amide bonds. The molecule has 130 valence electrons. The minimum Gasteiger partial charge on any atom is -0.306 e. The largest absolute Gasteiger partial charge is 0.306 e. The lowest BCUT2D eigenvalue weighted by Gasteiger charge is -2.24. The third-order valence-corrected chi connectivity index (χ3v) is 4.56. The Morgan fingerprint density at radius 1 is 0.714 bits per heavy atom. The van der Waals surface area contributed by atoms with E-state index in [1.54, 1.807) is 0 Å². The maximum absolute atomic E-state index is 5.76. The first-order valence-electron chi connectivity index (χ1n) is 8.94. The van der Waals surface area contributed by atoms with Gasteiger partial charge in [-0.05, 0) is 33.4 Å². The summed E-state index contributed by atoms with van der Waals surface area (Å²) in [7, 11) is 4.44. The molecule has 0 bridgehead atoms. The number of hydrogen-bond donors (Lipinski definition) is 0. The lowest BCUT2D eigenvalue weighted by molar-refractivity contribution is 0.253. The van der Waals surface area contributed by atoms with E-state index in [2.05, 4.69) is 25.9 Å². The second-order valence-electron chi connectivity index (χ2n) is 6.42. The molecule has 0 fully saturated rings. The predicted molar refractivity (Wildman–Crippen MR) is 104 cm³/mol. The SMILES string of the molecule is Br.CCCCCCCCCCCC(CCCCCl)N(C)C. The number of unbranched alkanes of at least 4 members (excludes halogenated alkanes) is 9. The average Bonchev–Trinajstić information content (AvgIpc) is 2.43. The van der Waals surface area contributed by atoms with Crippen LogP contribution in [-0.4, -0.2) is 30.9 Å². The molecule has 0 spiro atoms. The van der Waals surface area contributed by atoms with Gasteiger partial charge in [-0.2, -0.15) is 0 Å². The van der Waals surface area contributed by atoms with Gasteiger partial charge >= 0.3 is 0 Å². The summed E-state index contributed by atoms with van der Waals surface area (Å²) in [5.41, 5.74) is 0. The van der Waals surface area contributed by atoms with Crippen LogP contribution in [0, 0.1) is 0 Å². The second-order valence-corrected chi connectivity index (χ2v) is 6.80. The first-order valence-corrected chi connectivity index (χ1v) is 9.48. The van der Waals surface area contributed by atoms with E-state index in [0.29, 0.717) is 0 Å². The van der Waals surface area contributed by atoms with Crippen molar-refractivity contribution in [3.8, 4) is 0 Å². The van der Waals surface area contributed by atoms with Gasteiger partial charge in [-0.25, -0.2) is 0 Å².